The first-order chi connectivity index (χ1) is 53.3. The zero-order valence-electron chi connectivity index (χ0n) is 72.6. The predicted octanol–water partition coefficient (Wildman–Crippen LogP) is 1.05. The summed E-state index contributed by atoms with van der Waals surface area (Å²) < 4.78 is 2.43. The van der Waals surface area contributed by atoms with E-state index in [4.69, 9.17) is 0 Å². The summed E-state index contributed by atoms with van der Waals surface area (Å²) in [5, 5.41) is 35.5. The molecule has 34 heteroatoms. The number of nitrogens with zero attached hydrogens (tertiary/aromatic N) is 5. The van der Waals surface area contributed by atoms with Crippen LogP contribution in [-0.4, -0.2) is 265 Å². The summed E-state index contributed by atoms with van der Waals surface area (Å²) in [4.78, 5) is 227. The van der Waals surface area contributed by atoms with Gasteiger partial charge in [0.25, 0.3) is 0 Å². The van der Waals surface area contributed by atoms with Gasteiger partial charge < -0.3 is 83.8 Å². The number of hydrogen-bond donors (Lipinski definition) is 13. The number of carbonyl (C=O) groups excluding carboxylic acids is 16. The van der Waals surface area contributed by atoms with Crippen LogP contribution in [0.25, 0.3) is 0 Å². The lowest BCUT2D eigenvalue weighted by molar-refractivity contribution is -0.530. The van der Waals surface area contributed by atoms with Crippen molar-refractivity contribution >= 4 is 100 Å². The summed E-state index contributed by atoms with van der Waals surface area (Å²) in [6.07, 6.45) is 8.93. The molecule has 34 nitrogen and oxygen atoms in total. The number of piperidine rings is 3. The van der Waals surface area contributed by atoms with Crippen molar-refractivity contribution in [3.63, 3.8) is 0 Å². The fraction of sp³-hybridized carbons (Fsp3) is 0.790. The Balaban J connectivity index is 1.07. The van der Waals surface area contributed by atoms with E-state index in [1.165, 1.54) is 96.7 Å². The molecule has 13 N–H and O–H groups in total. The van der Waals surface area contributed by atoms with Gasteiger partial charge in [0.15, 0.2) is 0 Å². The van der Waals surface area contributed by atoms with Crippen molar-refractivity contribution in [3.05, 3.63) is 0 Å². The molecule has 115 heavy (non-hydrogen) atoms. The summed E-state index contributed by atoms with van der Waals surface area (Å²) in [7, 11) is 0. The van der Waals surface area contributed by atoms with Gasteiger partial charge in [-0.1, -0.05) is 48.5 Å². The van der Waals surface area contributed by atoms with Crippen molar-refractivity contribution < 1.29 is 81.3 Å². The summed E-state index contributed by atoms with van der Waals surface area (Å²) in [6, 6.07) is -5.19. The highest BCUT2D eigenvalue weighted by atomic mass is 16.2. The number of carbonyl (C=O) groups is 16. The Kier molecular flexibility index (Phi) is 34.6. The molecule has 0 aromatic heterocycles. The molecule has 3 saturated heterocycles. The van der Waals surface area contributed by atoms with Crippen molar-refractivity contribution in [2.45, 2.75) is 330 Å². The number of amidine groups is 1. The average Bonchev–Trinajstić information content (AvgIpc) is 1.28. The molecule has 0 saturated carbocycles. The van der Waals surface area contributed by atoms with Crippen molar-refractivity contribution in [2.24, 2.45) is 17.8 Å². The Bertz CT molecular complexity index is 3600. The maximum absolute atomic E-state index is 14.4. The van der Waals surface area contributed by atoms with Crippen LogP contribution in [0.2, 0.25) is 0 Å². The van der Waals surface area contributed by atoms with E-state index < -0.39 is 165 Å². The largest absolute Gasteiger partial charge is 0.354 e. The van der Waals surface area contributed by atoms with Crippen LogP contribution in [0, 0.1) is 17.8 Å². The molecule has 0 unspecified atom stereocenters. The minimum atomic E-state index is -1.67. The van der Waals surface area contributed by atoms with E-state index in [1.807, 2.05) is 34.6 Å². The van der Waals surface area contributed by atoms with Gasteiger partial charge in [0.05, 0.1) is 45.2 Å². The first kappa shape index (κ1) is 96.6. The molecule has 5 aliphatic rings. The molecule has 7 atom stereocenters. The molecule has 16 amide bonds. The molecule has 5 aliphatic heterocycles. The van der Waals surface area contributed by atoms with Crippen LogP contribution in [0.4, 0.5) is 0 Å². The summed E-state index contributed by atoms with van der Waals surface area (Å²) in [6.45, 7) is 36.9. The second kappa shape index (κ2) is 41.2. The molecular formula is C81H139N18O16+. The average molecular weight is 1620 g/mol. The highest BCUT2D eigenvalue weighted by Gasteiger charge is 2.48. The van der Waals surface area contributed by atoms with Crippen LogP contribution in [-0.2, 0) is 76.7 Å². The fourth-order valence-electron chi connectivity index (χ4n) is 15.2. The Morgan fingerprint density at radius 2 is 0.843 bits per heavy atom. The van der Waals surface area contributed by atoms with Crippen LogP contribution in [0.5, 0.6) is 0 Å². The van der Waals surface area contributed by atoms with Crippen LogP contribution in [0.1, 0.15) is 255 Å². The molecule has 0 aliphatic carbocycles. The van der Waals surface area contributed by atoms with Crippen LogP contribution < -0.4 is 69.1 Å². The minimum Gasteiger partial charge on any atom is -0.354 e. The number of hydrogen-bond acceptors (Lipinski definition) is 17. The predicted molar refractivity (Wildman–Crippen MR) is 432 cm³/mol. The van der Waals surface area contributed by atoms with Crippen molar-refractivity contribution in [1.29, 1.82) is 0 Å². The Labute approximate surface area is 680 Å². The first-order valence-electron chi connectivity index (χ1n) is 41.5. The van der Waals surface area contributed by atoms with Crippen LogP contribution in [0.3, 0.4) is 0 Å². The third kappa shape index (κ3) is 27.8. The summed E-state index contributed by atoms with van der Waals surface area (Å²) >= 11 is 0. The Hall–Kier alpha value is -9.01. The van der Waals surface area contributed by atoms with Gasteiger partial charge in [0, 0.05) is 45.9 Å². The molecule has 5 heterocycles. The third-order valence-electron chi connectivity index (χ3n) is 22.0. The highest BCUT2D eigenvalue weighted by Crippen LogP contribution is 2.28. The molecule has 0 radical (unpaired) electrons. The maximum Gasteiger partial charge on any atom is 0.248 e. The number of rotatable bonds is 38. The molecular weight excluding hydrogens is 1480 g/mol. The van der Waals surface area contributed by atoms with E-state index in [0.29, 0.717) is 51.1 Å². The van der Waals surface area contributed by atoms with Crippen molar-refractivity contribution in [2.75, 3.05) is 65.4 Å². The Morgan fingerprint density at radius 3 is 1.35 bits per heavy atom. The van der Waals surface area contributed by atoms with E-state index in [0.717, 1.165) is 58.2 Å². The van der Waals surface area contributed by atoms with Gasteiger partial charge >= 0.3 is 0 Å². The monoisotopic (exact) mass is 1620 g/mol. The maximum atomic E-state index is 14.4. The second-order valence-electron chi connectivity index (χ2n) is 36.6. The lowest BCUT2D eigenvalue weighted by Gasteiger charge is -2.42. The SMILES string of the molecule is CC[C@](C)(NC(=O)[C@H](CC(C)C)NC(=O)CNC(=O)C(C)(C)NC(=O)[C@@H]1CCCCN1C(=O)C(C)(C)NC(=O)C(C)(C)NC(=O)CNC(=O)CCNC(=O)[C@H](CC(C)C)NC(=O)C(C)(C)NC(=O)C(C)(C)NC(=O)[C@@H]1CCCCN1C(=O)C(C)(C)NC(=O)[C@@H]1CCCCN1C(C)=O)C(=O)N[C@@H](CC(C)C)CN1CCC[N+]2=C1CCC2. The molecule has 0 aromatic rings. The van der Waals surface area contributed by atoms with E-state index in [9.17, 15) is 76.7 Å². The standard InChI is InChI=1S/C81H138N18O16/c1-22-81(21,72(113)85-53(43-49(2)3)48-96-39-30-38-95-37-29-34-62(95)96)92-64(105)55(45-51(6)7)86-60(102)46-84-68(109)75(9,10)89-66(107)57-32-25-28-42-99(57)74(115)80(19,20)94-70(111)77(13,14)88-61(103)47-83-59(101)35-36-82-63(104)54(44-50(4)5)87-69(110)76(11,12)93-71(112)78(15,16)90-67(108)58-33-24-27-41-98(58)73(114)79(17,18)91-65(106)56-31-23-26-40-97(56)52(8)100/h49-51,53-58H,22-48H2,1-21H3,(H12-,82,83,84,85,86,87,88,89,90,91,92,93,94,101,102,103,104,105,106,107,108,109,110,111,112,113)/p+1/t53-,54-,55-,56-,57-,58-,81-/m0/s1. The summed E-state index contributed by atoms with van der Waals surface area (Å²) in [5.74, 6) is -8.42. The topological polar surface area (TPSA) is 445 Å². The van der Waals surface area contributed by atoms with Gasteiger partial charge in [-0.25, -0.2) is 0 Å². The lowest BCUT2D eigenvalue weighted by Crippen LogP contribution is -2.67. The zero-order valence-corrected chi connectivity index (χ0v) is 72.6. The normalized spacial score (nSPS) is 19.1. The van der Waals surface area contributed by atoms with E-state index >= 15 is 0 Å². The quantitative estimate of drug-likeness (QED) is 0.0384. The van der Waals surface area contributed by atoms with Crippen molar-refractivity contribution in [1.82, 2.24) is 88.7 Å². The number of likely N-dealkylation sites (tertiary alicyclic amines) is 3. The van der Waals surface area contributed by atoms with Crippen LogP contribution >= 0.6 is 0 Å². The molecule has 0 bridgehead atoms. The molecule has 3 fully saturated rings. The summed E-state index contributed by atoms with van der Waals surface area (Å²) in [5.41, 5.74) is -11.0. The minimum absolute atomic E-state index is 0.0601. The van der Waals surface area contributed by atoms with Gasteiger partial charge in [0.2, 0.25) is 100 Å². The van der Waals surface area contributed by atoms with Gasteiger partial charge in [-0.15, -0.1) is 0 Å². The van der Waals surface area contributed by atoms with Crippen LogP contribution in [0.15, 0.2) is 0 Å². The first-order valence-corrected chi connectivity index (χ1v) is 41.5. The molecule has 0 aromatic carbocycles. The lowest BCUT2D eigenvalue weighted by atomic mass is 9.93. The number of amides is 16. The van der Waals surface area contributed by atoms with E-state index in [-0.39, 0.29) is 87.9 Å². The number of nitrogens with one attached hydrogen (secondary N) is 13. The smallest absolute Gasteiger partial charge is 0.248 e. The zero-order chi connectivity index (χ0) is 86.7. The third-order valence-corrected chi connectivity index (χ3v) is 22.0. The van der Waals surface area contributed by atoms with E-state index in [1.54, 1.807) is 20.8 Å². The highest BCUT2D eigenvalue weighted by molar-refractivity contribution is 6.02. The second-order valence-corrected chi connectivity index (χ2v) is 36.6. The molecule has 0 spiro atoms. The van der Waals surface area contributed by atoms with Gasteiger partial charge in [-0.05, 0) is 198 Å². The van der Waals surface area contributed by atoms with Crippen molar-refractivity contribution in [3.8, 4) is 0 Å². The van der Waals surface area contributed by atoms with E-state index in [2.05, 4.69) is 92.4 Å². The van der Waals surface area contributed by atoms with Gasteiger partial charge in [-0.2, -0.15) is 0 Å². The molecule has 5 rings (SSSR count). The van der Waals surface area contributed by atoms with Gasteiger partial charge in [-0.3, -0.25) is 86.2 Å². The fourth-order valence-corrected chi connectivity index (χ4v) is 15.2. The molecule has 648 valence electrons. The van der Waals surface area contributed by atoms with Gasteiger partial charge in [0.1, 0.15) is 75.5 Å². The Morgan fingerprint density at radius 1 is 0.409 bits per heavy atom.